The second kappa shape index (κ2) is 5.72. The van der Waals surface area contributed by atoms with Gasteiger partial charge in [0.15, 0.2) is 5.78 Å². The van der Waals surface area contributed by atoms with Crippen molar-refractivity contribution < 1.29 is 18.0 Å². The van der Waals surface area contributed by atoms with Crippen molar-refractivity contribution in [3.8, 4) is 0 Å². The third-order valence-electron chi connectivity index (χ3n) is 2.58. The number of ketones is 1. The van der Waals surface area contributed by atoms with Crippen LogP contribution in [0.3, 0.4) is 0 Å². The van der Waals surface area contributed by atoms with Gasteiger partial charge in [0, 0.05) is 17.5 Å². The molecule has 0 aromatic heterocycles. The third-order valence-corrected chi connectivity index (χ3v) is 4.27. The van der Waals surface area contributed by atoms with Crippen LogP contribution in [0.4, 0.5) is 0 Å². The maximum Gasteiger partial charge on any atom is 0.241 e. The molecule has 0 saturated heterocycles. The van der Waals surface area contributed by atoms with E-state index < -0.39 is 21.5 Å². The second-order valence-electron chi connectivity index (χ2n) is 5.22. The van der Waals surface area contributed by atoms with Gasteiger partial charge in [-0.1, -0.05) is 12.1 Å². The lowest BCUT2D eigenvalue weighted by atomic mass is 10.0. The average molecular weight is 298 g/mol. The molecule has 0 fully saturated rings. The van der Waals surface area contributed by atoms with Gasteiger partial charge >= 0.3 is 0 Å². The predicted octanol–water partition coefficient (Wildman–Crippen LogP) is 0.822. The number of primary amides is 1. The van der Waals surface area contributed by atoms with Gasteiger partial charge in [-0.2, -0.15) is 0 Å². The van der Waals surface area contributed by atoms with Crippen LogP contribution in [-0.2, 0) is 14.8 Å². The SMILES string of the molecule is CC(=O)c1cccc(S(=O)(=O)NC(C)(C)CC(N)=O)c1. The molecule has 0 saturated carbocycles. The Labute approximate surface area is 118 Å². The van der Waals surface area contributed by atoms with E-state index in [9.17, 15) is 18.0 Å². The van der Waals surface area contributed by atoms with E-state index in [1.807, 2.05) is 0 Å². The fourth-order valence-corrected chi connectivity index (χ4v) is 3.23. The lowest BCUT2D eigenvalue weighted by Crippen LogP contribution is -2.45. The topological polar surface area (TPSA) is 106 Å². The highest BCUT2D eigenvalue weighted by molar-refractivity contribution is 7.89. The van der Waals surface area contributed by atoms with Crippen LogP contribution in [0.25, 0.3) is 0 Å². The quantitative estimate of drug-likeness (QED) is 0.758. The van der Waals surface area contributed by atoms with Gasteiger partial charge in [-0.3, -0.25) is 9.59 Å². The molecule has 0 aliphatic heterocycles. The summed E-state index contributed by atoms with van der Waals surface area (Å²) in [6.45, 7) is 4.48. The number of hydrogen-bond donors (Lipinski definition) is 2. The van der Waals surface area contributed by atoms with Crippen molar-refractivity contribution in [3.05, 3.63) is 29.8 Å². The van der Waals surface area contributed by atoms with Gasteiger partial charge in [0.05, 0.1) is 4.90 Å². The van der Waals surface area contributed by atoms with E-state index in [1.54, 1.807) is 13.8 Å². The molecule has 20 heavy (non-hydrogen) atoms. The zero-order valence-electron chi connectivity index (χ0n) is 11.6. The summed E-state index contributed by atoms with van der Waals surface area (Å²) in [5.41, 5.74) is 4.38. The summed E-state index contributed by atoms with van der Waals surface area (Å²) in [4.78, 5) is 22.2. The van der Waals surface area contributed by atoms with E-state index in [0.29, 0.717) is 5.56 Å². The van der Waals surface area contributed by atoms with Crippen molar-refractivity contribution in [2.75, 3.05) is 0 Å². The summed E-state index contributed by atoms with van der Waals surface area (Å²) in [7, 11) is -3.83. The molecule has 0 unspecified atom stereocenters. The number of Topliss-reactive ketones (excluding diaryl/α,β-unsaturated/α-hetero) is 1. The highest BCUT2D eigenvalue weighted by Gasteiger charge is 2.28. The van der Waals surface area contributed by atoms with E-state index in [0.717, 1.165) is 0 Å². The van der Waals surface area contributed by atoms with Gasteiger partial charge < -0.3 is 5.73 Å². The van der Waals surface area contributed by atoms with Crippen LogP contribution in [0, 0.1) is 0 Å². The number of amides is 1. The van der Waals surface area contributed by atoms with Crippen LogP contribution >= 0.6 is 0 Å². The number of carbonyl (C=O) groups excluding carboxylic acids is 2. The number of nitrogens with one attached hydrogen (secondary N) is 1. The Kier molecular flexibility index (Phi) is 4.67. The first-order valence-corrected chi connectivity index (χ1v) is 7.45. The Morgan fingerprint density at radius 1 is 1.30 bits per heavy atom. The van der Waals surface area contributed by atoms with Gasteiger partial charge in [-0.25, -0.2) is 13.1 Å². The van der Waals surface area contributed by atoms with Crippen molar-refractivity contribution in [1.82, 2.24) is 4.72 Å². The molecule has 0 heterocycles. The molecule has 0 aliphatic carbocycles. The molecule has 0 bridgehead atoms. The monoisotopic (exact) mass is 298 g/mol. The highest BCUT2D eigenvalue weighted by atomic mass is 32.2. The van der Waals surface area contributed by atoms with Crippen LogP contribution in [0.15, 0.2) is 29.2 Å². The summed E-state index contributed by atoms with van der Waals surface area (Å²) in [5.74, 6) is -0.825. The molecule has 1 rings (SSSR count). The van der Waals surface area contributed by atoms with E-state index >= 15 is 0 Å². The second-order valence-corrected chi connectivity index (χ2v) is 6.90. The molecular weight excluding hydrogens is 280 g/mol. The molecule has 3 N–H and O–H groups in total. The van der Waals surface area contributed by atoms with Crippen molar-refractivity contribution in [2.45, 2.75) is 37.6 Å². The minimum atomic E-state index is -3.83. The molecule has 1 amide bonds. The average Bonchev–Trinajstić information content (AvgIpc) is 2.25. The van der Waals surface area contributed by atoms with Crippen LogP contribution < -0.4 is 10.5 Å². The molecule has 0 radical (unpaired) electrons. The van der Waals surface area contributed by atoms with Crippen molar-refractivity contribution in [3.63, 3.8) is 0 Å². The summed E-state index contributed by atoms with van der Waals surface area (Å²) in [6.07, 6.45) is -0.126. The van der Waals surface area contributed by atoms with Crippen LogP contribution in [0.1, 0.15) is 37.6 Å². The van der Waals surface area contributed by atoms with Crippen LogP contribution in [0.2, 0.25) is 0 Å². The van der Waals surface area contributed by atoms with Gasteiger partial charge in [0.25, 0.3) is 0 Å². The number of nitrogens with two attached hydrogens (primary N) is 1. The lowest BCUT2D eigenvalue weighted by Gasteiger charge is -2.24. The van der Waals surface area contributed by atoms with Crippen LogP contribution in [0.5, 0.6) is 0 Å². The number of hydrogen-bond acceptors (Lipinski definition) is 4. The van der Waals surface area contributed by atoms with Gasteiger partial charge in [-0.05, 0) is 32.9 Å². The van der Waals surface area contributed by atoms with Gasteiger partial charge in [0.1, 0.15) is 0 Å². The molecular formula is C13H18N2O4S. The van der Waals surface area contributed by atoms with E-state index in [1.165, 1.54) is 31.2 Å². The van der Waals surface area contributed by atoms with Crippen molar-refractivity contribution in [2.24, 2.45) is 5.73 Å². The van der Waals surface area contributed by atoms with E-state index in [4.69, 9.17) is 5.73 Å². The minimum Gasteiger partial charge on any atom is -0.370 e. The minimum absolute atomic E-state index is 0.0252. The zero-order chi connectivity index (χ0) is 15.6. The fourth-order valence-electron chi connectivity index (χ4n) is 1.78. The Morgan fingerprint density at radius 3 is 2.40 bits per heavy atom. The summed E-state index contributed by atoms with van der Waals surface area (Å²) >= 11 is 0. The molecule has 1 aromatic rings. The number of benzene rings is 1. The highest BCUT2D eigenvalue weighted by Crippen LogP contribution is 2.17. The largest absolute Gasteiger partial charge is 0.370 e. The maximum atomic E-state index is 12.2. The van der Waals surface area contributed by atoms with Gasteiger partial charge in [-0.15, -0.1) is 0 Å². The normalized spacial score (nSPS) is 12.2. The van der Waals surface area contributed by atoms with Gasteiger partial charge in [0.2, 0.25) is 15.9 Å². The Morgan fingerprint density at radius 2 is 1.90 bits per heavy atom. The molecule has 110 valence electrons. The molecule has 1 aromatic carbocycles. The number of rotatable bonds is 6. The Balaban J connectivity index is 3.08. The Hall–Kier alpha value is -1.73. The summed E-state index contributed by atoms with van der Waals surface area (Å²) in [6, 6.07) is 5.71. The predicted molar refractivity (Wildman–Crippen MR) is 74.7 cm³/mol. The lowest BCUT2D eigenvalue weighted by molar-refractivity contribution is -0.119. The summed E-state index contributed by atoms with van der Waals surface area (Å²) < 4.78 is 26.9. The molecule has 0 atom stereocenters. The standard InChI is InChI=1S/C13H18N2O4S/c1-9(16)10-5-4-6-11(7-10)20(18,19)15-13(2,3)8-12(14)17/h4-7,15H,8H2,1-3H3,(H2,14,17). The van der Waals surface area contributed by atoms with Crippen molar-refractivity contribution >= 4 is 21.7 Å². The van der Waals surface area contributed by atoms with Crippen LogP contribution in [-0.4, -0.2) is 25.6 Å². The Bertz CT molecular complexity index is 636. The third kappa shape index (κ3) is 4.43. The molecule has 0 spiro atoms. The molecule has 0 aliphatic rings. The zero-order valence-corrected chi connectivity index (χ0v) is 12.5. The first kappa shape index (κ1) is 16.3. The smallest absolute Gasteiger partial charge is 0.241 e. The first-order valence-electron chi connectivity index (χ1n) is 5.97. The number of sulfonamides is 1. The fraction of sp³-hybridized carbons (Fsp3) is 0.385. The maximum absolute atomic E-state index is 12.2. The van der Waals surface area contributed by atoms with E-state index in [-0.39, 0.29) is 17.1 Å². The summed E-state index contributed by atoms with van der Waals surface area (Å²) in [5, 5.41) is 0. The van der Waals surface area contributed by atoms with E-state index in [2.05, 4.69) is 4.72 Å². The number of carbonyl (C=O) groups is 2. The molecule has 6 nitrogen and oxygen atoms in total. The molecule has 7 heteroatoms. The van der Waals surface area contributed by atoms with Crippen molar-refractivity contribution in [1.29, 1.82) is 0 Å². The first-order chi connectivity index (χ1) is 9.03.